The number of aryl methyl sites for hydroxylation is 2. The van der Waals surface area contributed by atoms with Gasteiger partial charge in [0.25, 0.3) is 5.91 Å². The first-order valence-corrected chi connectivity index (χ1v) is 5.43. The molecule has 0 fully saturated rings. The van der Waals surface area contributed by atoms with Crippen LogP contribution in [-0.4, -0.2) is 15.7 Å². The molecule has 0 aliphatic carbocycles. The van der Waals surface area contributed by atoms with Gasteiger partial charge in [0.1, 0.15) is 0 Å². The number of aromatic nitrogens is 2. The fourth-order valence-electron chi connectivity index (χ4n) is 2.01. The average Bonchev–Trinajstić information content (AvgIpc) is 2.54. The van der Waals surface area contributed by atoms with E-state index in [-0.39, 0.29) is 0 Å². The maximum Gasteiger partial charge on any atom is 0.252 e. The molecule has 0 saturated carbocycles. The van der Waals surface area contributed by atoms with E-state index in [1.807, 2.05) is 38.1 Å². The number of nitrogens with two attached hydrogens (primary N) is 1. The Morgan fingerprint density at radius 2 is 2.00 bits per heavy atom. The van der Waals surface area contributed by atoms with Crippen molar-refractivity contribution in [2.45, 2.75) is 20.8 Å². The third kappa shape index (κ3) is 1.93. The minimum Gasteiger partial charge on any atom is -0.365 e. The summed E-state index contributed by atoms with van der Waals surface area (Å²) in [5.74, 6) is -0.432. The minimum atomic E-state index is -0.432. The molecule has 1 aromatic carbocycles. The van der Waals surface area contributed by atoms with Gasteiger partial charge < -0.3 is 5.73 Å². The first kappa shape index (κ1) is 11.4. The van der Waals surface area contributed by atoms with Gasteiger partial charge in [-0.1, -0.05) is 12.1 Å². The van der Waals surface area contributed by atoms with Gasteiger partial charge >= 0.3 is 0 Å². The first-order valence-electron chi connectivity index (χ1n) is 5.43. The number of rotatable bonds is 2. The normalized spacial score (nSPS) is 10.5. The van der Waals surface area contributed by atoms with Crippen LogP contribution in [0.4, 0.5) is 0 Å². The summed E-state index contributed by atoms with van der Waals surface area (Å²) < 4.78 is 1.75. The molecule has 0 radical (unpaired) electrons. The van der Waals surface area contributed by atoms with Gasteiger partial charge in [0.2, 0.25) is 0 Å². The number of amides is 1. The summed E-state index contributed by atoms with van der Waals surface area (Å²) in [6.07, 6.45) is 0. The maximum atomic E-state index is 11.3. The lowest BCUT2D eigenvalue weighted by atomic mass is 10.2. The summed E-state index contributed by atoms with van der Waals surface area (Å²) in [6, 6.07) is 7.96. The van der Waals surface area contributed by atoms with Crippen molar-refractivity contribution in [3.8, 4) is 5.69 Å². The number of benzene rings is 1. The molecule has 0 aliphatic heterocycles. The summed E-state index contributed by atoms with van der Waals surface area (Å²) >= 11 is 0. The zero-order valence-electron chi connectivity index (χ0n) is 10.2. The molecular formula is C13H15N3O. The fourth-order valence-corrected chi connectivity index (χ4v) is 2.01. The number of carbonyl (C=O) groups is 1. The van der Waals surface area contributed by atoms with Gasteiger partial charge in [-0.25, -0.2) is 4.68 Å². The van der Waals surface area contributed by atoms with E-state index in [0.717, 1.165) is 16.9 Å². The Morgan fingerprint density at radius 1 is 1.29 bits per heavy atom. The van der Waals surface area contributed by atoms with Gasteiger partial charge in [0.05, 0.1) is 22.6 Å². The summed E-state index contributed by atoms with van der Waals surface area (Å²) in [5, 5.41) is 4.36. The lowest BCUT2D eigenvalue weighted by Crippen LogP contribution is -2.13. The van der Waals surface area contributed by atoms with Crippen molar-refractivity contribution >= 4 is 5.91 Å². The van der Waals surface area contributed by atoms with Crippen molar-refractivity contribution in [3.63, 3.8) is 0 Å². The lowest BCUT2D eigenvalue weighted by Gasteiger charge is -2.05. The van der Waals surface area contributed by atoms with Gasteiger partial charge in [0.15, 0.2) is 0 Å². The van der Waals surface area contributed by atoms with E-state index in [0.29, 0.717) is 11.3 Å². The third-order valence-corrected chi connectivity index (χ3v) is 2.78. The van der Waals surface area contributed by atoms with E-state index in [1.165, 1.54) is 0 Å². The maximum absolute atomic E-state index is 11.3. The SMILES string of the molecule is Cc1cccc(-n2nc(C)c(C(N)=O)c2C)c1. The Bertz CT molecular complexity index is 584. The summed E-state index contributed by atoms with van der Waals surface area (Å²) in [4.78, 5) is 11.3. The smallest absolute Gasteiger partial charge is 0.252 e. The predicted molar refractivity (Wildman–Crippen MR) is 66.3 cm³/mol. The molecule has 0 unspecified atom stereocenters. The zero-order chi connectivity index (χ0) is 12.6. The molecule has 17 heavy (non-hydrogen) atoms. The van der Waals surface area contributed by atoms with Crippen LogP contribution in [-0.2, 0) is 0 Å². The van der Waals surface area contributed by atoms with Crippen molar-refractivity contribution in [1.82, 2.24) is 9.78 Å². The molecule has 4 nitrogen and oxygen atoms in total. The van der Waals surface area contributed by atoms with Crippen molar-refractivity contribution in [1.29, 1.82) is 0 Å². The number of hydrogen-bond donors (Lipinski definition) is 1. The van der Waals surface area contributed by atoms with Crippen LogP contribution in [0.1, 0.15) is 27.3 Å². The zero-order valence-corrected chi connectivity index (χ0v) is 10.2. The highest BCUT2D eigenvalue weighted by Gasteiger charge is 2.16. The Morgan fingerprint density at radius 3 is 2.53 bits per heavy atom. The number of hydrogen-bond acceptors (Lipinski definition) is 2. The van der Waals surface area contributed by atoms with Gasteiger partial charge in [-0.05, 0) is 38.5 Å². The van der Waals surface area contributed by atoms with Crippen molar-refractivity contribution < 1.29 is 4.79 Å². The highest BCUT2D eigenvalue weighted by atomic mass is 16.1. The standard InChI is InChI=1S/C13H15N3O/c1-8-5-4-6-11(7-8)16-10(3)12(13(14)17)9(2)15-16/h4-7H,1-3H3,(H2,14,17). The Hall–Kier alpha value is -2.10. The fraction of sp³-hybridized carbons (Fsp3) is 0.231. The van der Waals surface area contributed by atoms with Crippen LogP contribution in [0.5, 0.6) is 0 Å². The second-order valence-corrected chi connectivity index (χ2v) is 4.16. The molecule has 2 rings (SSSR count). The second kappa shape index (κ2) is 4.05. The van der Waals surface area contributed by atoms with Crippen molar-refractivity contribution in [2.75, 3.05) is 0 Å². The highest BCUT2D eigenvalue weighted by molar-refractivity contribution is 5.95. The van der Waals surface area contributed by atoms with Crippen LogP contribution in [0.3, 0.4) is 0 Å². The number of carbonyl (C=O) groups excluding carboxylic acids is 1. The molecule has 0 saturated heterocycles. The molecule has 2 aromatic rings. The van der Waals surface area contributed by atoms with E-state index in [2.05, 4.69) is 5.10 Å². The first-order chi connectivity index (χ1) is 8.00. The third-order valence-electron chi connectivity index (χ3n) is 2.78. The minimum absolute atomic E-state index is 0.432. The molecule has 88 valence electrons. The highest BCUT2D eigenvalue weighted by Crippen LogP contribution is 2.18. The Balaban J connectivity index is 2.62. The van der Waals surface area contributed by atoms with Crippen LogP contribution < -0.4 is 5.73 Å². The van der Waals surface area contributed by atoms with Crippen molar-refractivity contribution in [3.05, 3.63) is 46.8 Å². The monoisotopic (exact) mass is 229 g/mol. The quantitative estimate of drug-likeness (QED) is 0.854. The van der Waals surface area contributed by atoms with Crippen LogP contribution in [0.15, 0.2) is 24.3 Å². The number of primary amides is 1. The van der Waals surface area contributed by atoms with Gasteiger partial charge in [-0.15, -0.1) is 0 Å². The van der Waals surface area contributed by atoms with E-state index < -0.39 is 5.91 Å². The molecule has 4 heteroatoms. The Kier molecular flexibility index (Phi) is 2.71. The number of nitrogens with zero attached hydrogens (tertiary/aromatic N) is 2. The molecular weight excluding hydrogens is 214 g/mol. The van der Waals surface area contributed by atoms with Crippen molar-refractivity contribution in [2.24, 2.45) is 5.73 Å². The average molecular weight is 229 g/mol. The van der Waals surface area contributed by atoms with E-state index >= 15 is 0 Å². The van der Waals surface area contributed by atoms with E-state index in [1.54, 1.807) is 11.6 Å². The summed E-state index contributed by atoms with van der Waals surface area (Å²) in [5.41, 5.74) is 9.38. The van der Waals surface area contributed by atoms with Crippen LogP contribution >= 0.6 is 0 Å². The van der Waals surface area contributed by atoms with Crippen LogP contribution in [0, 0.1) is 20.8 Å². The van der Waals surface area contributed by atoms with Crippen LogP contribution in [0.25, 0.3) is 5.69 Å². The predicted octanol–water partition coefficient (Wildman–Crippen LogP) is 1.90. The Labute approximate surface area is 100 Å². The van der Waals surface area contributed by atoms with Crippen LogP contribution in [0.2, 0.25) is 0 Å². The molecule has 2 N–H and O–H groups in total. The van der Waals surface area contributed by atoms with Gasteiger partial charge in [-0.2, -0.15) is 5.10 Å². The summed E-state index contributed by atoms with van der Waals surface area (Å²) in [7, 11) is 0. The molecule has 1 aromatic heterocycles. The molecule has 1 heterocycles. The summed E-state index contributed by atoms with van der Waals surface area (Å²) in [6.45, 7) is 5.66. The molecule has 0 atom stereocenters. The van der Waals surface area contributed by atoms with E-state index in [9.17, 15) is 4.79 Å². The lowest BCUT2D eigenvalue weighted by molar-refractivity contribution is 0.0999. The largest absolute Gasteiger partial charge is 0.365 e. The second-order valence-electron chi connectivity index (χ2n) is 4.16. The van der Waals surface area contributed by atoms with E-state index in [4.69, 9.17) is 5.73 Å². The van der Waals surface area contributed by atoms with Gasteiger partial charge in [-0.3, -0.25) is 4.79 Å². The molecule has 0 aliphatic rings. The van der Waals surface area contributed by atoms with Gasteiger partial charge in [0, 0.05) is 0 Å². The molecule has 1 amide bonds. The topological polar surface area (TPSA) is 60.9 Å². The molecule has 0 bridgehead atoms. The molecule has 0 spiro atoms.